The normalized spacial score (nSPS) is 10.6. The molecule has 0 radical (unpaired) electrons. The van der Waals surface area contributed by atoms with Crippen LogP contribution >= 0.6 is 11.8 Å². The molecule has 0 saturated carbocycles. The number of nitrogens with one attached hydrogen (secondary N) is 1. The summed E-state index contributed by atoms with van der Waals surface area (Å²) in [6.45, 7) is 0.855. The van der Waals surface area contributed by atoms with Crippen LogP contribution in [0.1, 0.15) is 5.82 Å². The molecule has 0 spiro atoms. The average molecular weight is 327 g/mol. The van der Waals surface area contributed by atoms with Crippen LogP contribution in [0.15, 0.2) is 48.8 Å². The van der Waals surface area contributed by atoms with Crippen LogP contribution in [0.3, 0.4) is 0 Å². The van der Waals surface area contributed by atoms with E-state index in [1.807, 2.05) is 47.3 Å². The van der Waals surface area contributed by atoms with Crippen molar-refractivity contribution in [2.75, 3.05) is 16.8 Å². The van der Waals surface area contributed by atoms with Gasteiger partial charge in [0.05, 0.1) is 5.75 Å². The van der Waals surface area contributed by atoms with Gasteiger partial charge in [0.1, 0.15) is 5.82 Å². The Balaban J connectivity index is 1.56. The third-order valence-electron chi connectivity index (χ3n) is 2.98. The van der Waals surface area contributed by atoms with Crippen molar-refractivity contribution in [2.24, 2.45) is 0 Å². The van der Waals surface area contributed by atoms with E-state index in [1.54, 1.807) is 18.0 Å². The number of aryl methyl sites for hydroxylation is 1. The zero-order valence-corrected chi connectivity index (χ0v) is 13.3. The molecule has 2 heterocycles. The second-order valence-electron chi connectivity index (χ2n) is 4.75. The molecule has 8 heteroatoms. The van der Waals surface area contributed by atoms with E-state index in [0.29, 0.717) is 17.5 Å². The molecule has 7 nitrogen and oxygen atoms in total. The molecule has 0 aliphatic rings. The summed E-state index contributed by atoms with van der Waals surface area (Å²) in [4.78, 5) is 12.7. The van der Waals surface area contributed by atoms with Crippen molar-refractivity contribution < 1.29 is 0 Å². The van der Waals surface area contributed by atoms with Gasteiger partial charge in [-0.15, -0.1) is 0 Å². The first-order chi connectivity index (χ1) is 11.3. The molecule has 3 aromatic rings. The zero-order chi connectivity index (χ0) is 15.9. The molecule has 2 aromatic heterocycles. The van der Waals surface area contributed by atoms with Gasteiger partial charge in [-0.25, -0.2) is 0 Å². The molecule has 0 fully saturated rings. The van der Waals surface area contributed by atoms with Gasteiger partial charge in [0.2, 0.25) is 11.9 Å². The zero-order valence-electron chi connectivity index (χ0n) is 12.5. The lowest BCUT2D eigenvalue weighted by Gasteiger charge is -2.07. The van der Waals surface area contributed by atoms with E-state index in [1.165, 1.54) is 0 Å². The number of nitrogen functional groups attached to an aromatic ring is 1. The summed E-state index contributed by atoms with van der Waals surface area (Å²) in [6, 6.07) is 11.6. The van der Waals surface area contributed by atoms with E-state index >= 15 is 0 Å². The Morgan fingerprint density at radius 1 is 1.09 bits per heavy atom. The van der Waals surface area contributed by atoms with Crippen LogP contribution < -0.4 is 11.1 Å². The quantitative estimate of drug-likeness (QED) is 0.643. The predicted octanol–water partition coefficient (Wildman–Crippen LogP) is 2.33. The second-order valence-corrected chi connectivity index (χ2v) is 5.85. The van der Waals surface area contributed by atoms with Gasteiger partial charge < -0.3 is 11.1 Å². The number of para-hydroxylation sites is 1. The molecule has 0 aliphatic carbocycles. The Labute approximate surface area is 138 Å². The molecule has 23 heavy (non-hydrogen) atoms. The number of anilines is 3. The van der Waals surface area contributed by atoms with Crippen LogP contribution in [0.4, 0.5) is 17.6 Å². The Hall–Kier alpha value is -2.61. The topological polar surface area (TPSA) is 94.5 Å². The predicted molar refractivity (Wildman–Crippen MR) is 92.4 cm³/mol. The van der Waals surface area contributed by atoms with Crippen LogP contribution in [0, 0.1) is 0 Å². The van der Waals surface area contributed by atoms with E-state index < -0.39 is 0 Å². The maximum Gasteiger partial charge on any atom is 0.232 e. The fraction of sp³-hybridized carbons (Fsp3) is 0.200. The third kappa shape index (κ3) is 4.68. The molecule has 0 unspecified atom stereocenters. The Bertz CT molecular complexity index is 731. The molecule has 0 bridgehead atoms. The van der Waals surface area contributed by atoms with Gasteiger partial charge in [-0.3, -0.25) is 4.68 Å². The molecular weight excluding hydrogens is 310 g/mol. The van der Waals surface area contributed by atoms with Gasteiger partial charge in [0.25, 0.3) is 0 Å². The van der Waals surface area contributed by atoms with Gasteiger partial charge in [0, 0.05) is 30.4 Å². The minimum Gasteiger partial charge on any atom is -0.368 e. The minimum atomic E-state index is 0.223. The van der Waals surface area contributed by atoms with Crippen molar-refractivity contribution >= 4 is 29.3 Å². The Morgan fingerprint density at radius 2 is 1.96 bits per heavy atom. The summed E-state index contributed by atoms with van der Waals surface area (Å²) in [5.41, 5.74) is 6.68. The van der Waals surface area contributed by atoms with Crippen LogP contribution in [0.25, 0.3) is 0 Å². The summed E-state index contributed by atoms with van der Waals surface area (Å²) in [7, 11) is 0. The number of benzene rings is 1. The monoisotopic (exact) mass is 327 g/mol. The molecule has 1 aromatic carbocycles. The Morgan fingerprint density at radius 3 is 2.74 bits per heavy atom. The lowest BCUT2D eigenvalue weighted by Crippen LogP contribution is -2.07. The molecular formula is C15H17N7S. The van der Waals surface area contributed by atoms with Gasteiger partial charge in [-0.2, -0.15) is 31.8 Å². The molecule has 118 valence electrons. The highest BCUT2D eigenvalue weighted by Gasteiger charge is 2.05. The molecule has 0 aliphatic heterocycles. The summed E-state index contributed by atoms with van der Waals surface area (Å²) >= 11 is 1.73. The Kier molecular flexibility index (Phi) is 5.05. The highest BCUT2D eigenvalue weighted by Crippen LogP contribution is 2.15. The number of aromatic nitrogens is 5. The van der Waals surface area contributed by atoms with Gasteiger partial charge in [-0.05, 0) is 18.2 Å². The number of nitrogens with two attached hydrogens (primary N) is 1. The van der Waals surface area contributed by atoms with Crippen LogP contribution in [-0.2, 0) is 12.3 Å². The van der Waals surface area contributed by atoms with Crippen molar-refractivity contribution in [3.63, 3.8) is 0 Å². The van der Waals surface area contributed by atoms with E-state index in [4.69, 9.17) is 5.73 Å². The summed E-state index contributed by atoms with van der Waals surface area (Å²) in [5, 5.41) is 7.30. The highest BCUT2D eigenvalue weighted by molar-refractivity contribution is 7.98. The highest BCUT2D eigenvalue weighted by atomic mass is 32.2. The average Bonchev–Trinajstić information content (AvgIpc) is 3.05. The number of thioether (sulfide) groups is 1. The standard InChI is InChI=1S/C15H17N7S/c16-14-19-13(11-23-10-9-22-8-4-7-17-22)20-15(21-14)18-12-5-2-1-3-6-12/h1-8H,9-11H2,(H3,16,18,19,20,21). The van der Waals surface area contributed by atoms with Crippen LogP contribution in [0.5, 0.6) is 0 Å². The van der Waals surface area contributed by atoms with Crippen molar-refractivity contribution in [1.82, 2.24) is 24.7 Å². The molecule has 3 N–H and O–H groups in total. The van der Waals surface area contributed by atoms with Gasteiger partial charge >= 0.3 is 0 Å². The van der Waals surface area contributed by atoms with Crippen molar-refractivity contribution in [1.29, 1.82) is 0 Å². The largest absolute Gasteiger partial charge is 0.368 e. The molecule has 0 saturated heterocycles. The van der Waals surface area contributed by atoms with Crippen molar-refractivity contribution in [3.05, 3.63) is 54.6 Å². The minimum absolute atomic E-state index is 0.223. The van der Waals surface area contributed by atoms with E-state index in [0.717, 1.165) is 18.0 Å². The first kappa shape index (κ1) is 15.3. The maximum atomic E-state index is 5.77. The fourth-order valence-corrected chi connectivity index (χ4v) is 2.74. The summed E-state index contributed by atoms with van der Waals surface area (Å²) < 4.78 is 1.90. The SMILES string of the molecule is Nc1nc(CSCCn2cccn2)nc(Nc2ccccc2)n1. The fourth-order valence-electron chi connectivity index (χ4n) is 1.96. The number of hydrogen-bond donors (Lipinski definition) is 2. The number of nitrogens with zero attached hydrogens (tertiary/aromatic N) is 5. The summed E-state index contributed by atoms with van der Waals surface area (Å²) in [5.74, 6) is 2.96. The maximum absolute atomic E-state index is 5.77. The first-order valence-electron chi connectivity index (χ1n) is 7.17. The first-order valence-corrected chi connectivity index (χ1v) is 8.33. The molecule has 3 rings (SSSR count). The lowest BCUT2D eigenvalue weighted by atomic mass is 10.3. The van der Waals surface area contributed by atoms with E-state index in [2.05, 4.69) is 25.4 Å². The second kappa shape index (κ2) is 7.59. The van der Waals surface area contributed by atoms with E-state index in [9.17, 15) is 0 Å². The third-order valence-corrected chi connectivity index (χ3v) is 3.92. The molecule has 0 amide bonds. The van der Waals surface area contributed by atoms with Gasteiger partial charge in [-0.1, -0.05) is 18.2 Å². The van der Waals surface area contributed by atoms with Crippen molar-refractivity contribution in [3.8, 4) is 0 Å². The molecule has 0 atom stereocenters. The van der Waals surface area contributed by atoms with Crippen molar-refractivity contribution in [2.45, 2.75) is 12.3 Å². The van der Waals surface area contributed by atoms with E-state index in [-0.39, 0.29) is 5.95 Å². The van der Waals surface area contributed by atoms with Crippen LogP contribution in [0.2, 0.25) is 0 Å². The van der Waals surface area contributed by atoms with Crippen LogP contribution in [-0.4, -0.2) is 30.5 Å². The number of rotatable bonds is 7. The number of hydrogen-bond acceptors (Lipinski definition) is 7. The lowest BCUT2D eigenvalue weighted by molar-refractivity contribution is 0.666. The smallest absolute Gasteiger partial charge is 0.232 e. The summed E-state index contributed by atoms with van der Waals surface area (Å²) in [6.07, 6.45) is 3.72. The van der Waals surface area contributed by atoms with Gasteiger partial charge in [0.15, 0.2) is 0 Å².